The summed E-state index contributed by atoms with van der Waals surface area (Å²) in [7, 11) is 1.93. The van der Waals surface area contributed by atoms with Gasteiger partial charge < -0.3 is 4.57 Å². The minimum Gasteiger partial charge on any atom is -0.317 e. The number of hydrogen-bond donors (Lipinski definition) is 0. The first-order valence-corrected chi connectivity index (χ1v) is 5.08. The summed E-state index contributed by atoms with van der Waals surface area (Å²) in [5.41, 5.74) is 2.29. The van der Waals surface area contributed by atoms with Crippen molar-refractivity contribution in [3.63, 3.8) is 0 Å². The van der Waals surface area contributed by atoms with Gasteiger partial charge in [0.15, 0.2) is 5.82 Å². The number of hydrogen-bond acceptors (Lipinski definition) is 2. The van der Waals surface area contributed by atoms with Crippen molar-refractivity contribution in [1.29, 1.82) is 0 Å². The molecule has 1 aromatic heterocycles. The molecule has 1 heterocycles. The molecular formula is C10H10BrN3. The van der Waals surface area contributed by atoms with E-state index in [1.54, 1.807) is 6.33 Å². The average Bonchev–Trinajstić information content (AvgIpc) is 2.52. The molecule has 0 saturated heterocycles. The molecule has 0 amide bonds. The molecule has 3 nitrogen and oxygen atoms in total. The second-order valence-corrected chi connectivity index (χ2v) is 4.10. The average molecular weight is 252 g/mol. The van der Waals surface area contributed by atoms with E-state index in [-0.39, 0.29) is 0 Å². The van der Waals surface area contributed by atoms with Gasteiger partial charge in [-0.25, -0.2) is 0 Å². The van der Waals surface area contributed by atoms with Crippen LogP contribution >= 0.6 is 15.9 Å². The van der Waals surface area contributed by atoms with E-state index in [1.807, 2.05) is 17.7 Å². The maximum Gasteiger partial charge on any atom is 0.164 e. The lowest BCUT2D eigenvalue weighted by molar-refractivity contribution is 0.919. The fourth-order valence-corrected chi connectivity index (χ4v) is 2.00. The van der Waals surface area contributed by atoms with Crippen LogP contribution < -0.4 is 0 Å². The first-order chi connectivity index (χ1) is 6.68. The summed E-state index contributed by atoms with van der Waals surface area (Å²) in [5, 5.41) is 7.91. The quantitative estimate of drug-likeness (QED) is 0.780. The van der Waals surface area contributed by atoms with Gasteiger partial charge in [-0.15, -0.1) is 10.2 Å². The van der Waals surface area contributed by atoms with Crippen molar-refractivity contribution in [3.8, 4) is 11.4 Å². The fraction of sp³-hybridized carbons (Fsp3) is 0.200. The molecule has 0 N–H and O–H groups in total. The molecule has 0 spiro atoms. The molecule has 2 rings (SSSR count). The van der Waals surface area contributed by atoms with Gasteiger partial charge in [-0.3, -0.25) is 0 Å². The molecule has 0 radical (unpaired) electrons. The second-order valence-electron chi connectivity index (χ2n) is 3.25. The predicted octanol–water partition coefficient (Wildman–Crippen LogP) is 2.55. The third-order valence-corrected chi connectivity index (χ3v) is 2.73. The van der Waals surface area contributed by atoms with Gasteiger partial charge in [0.1, 0.15) is 6.33 Å². The Morgan fingerprint density at radius 2 is 2.14 bits per heavy atom. The Morgan fingerprint density at radius 1 is 1.36 bits per heavy atom. The van der Waals surface area contributed by atoms with Gasteiger partial charge in [0, 0.05) is 17.1 Å². The van der Waals surface area contributed by atoms with Crippen molar-refractivity contribution in [2.24, 2.45) is 7.05 Å². The van der Waals surface area contributed by atoms with Gasteiger partial charge in [-0.1, -0.05) is 22.0 Å². The van der Waals surface area contributed by atoms with E-state index in [2.05, 4.69) is 45.2 Å². The van der Waals surface area contributed by atoms with Crippen LogP contribution in [-0.4, -0.2) is 14.8 Å². The molecule has 0 aliphatic heterocycles. The minimum absolute atomic E-state index is 0.872. The maximum absolute atomic E-state index is 4.06. The van der Waals surface area contributed by atoms with Crippen LogP contribution in [0.4, 0.5) is 0 Å². The first-order valence-electron chi connectivity index (χ1n) is 4.29. The number of benzene rings is 1. The fourth-order valence-electron chi connectivity index (χ4n) is 1.33. The summed E-state index contributed by atoms with van der Waals surface area (Å²) in [5.74, 6) is 0.872. The number of halogens is 1. The van der Waals surface area contributed by atoms with Crippen molar-refractivity contribution in [2.75, 3.05) is 0 Å². The van der Waals surface area contributed by atoms with E-state index in [4.69, 9.17) is 0 Å². The summed E-state index contributed by atoms with van der Waals surface area (Å²) in [4.78, 5) is 0. The van der Waals surface area contributed by atoms with Gasteiger partial charge >= 0.3 is 0 Å². The Bertz CT molecular complexity index is 462. The molecule has 0 aliphatic rings. The maximum atomic E-state index is 4.06. The SMILES string of the molecule is Cc1ccc(-c2nncn2C)c(Br)c1. The Morgan fingerprint density at radius 3 is 2.71 bits per heavy atom. The van der Waals surface area contributed by atoms with E-state index in [0.29, 0.717) is 0 Å². The lowest BCUT2D eigenvalue weighted by atomic mass is 10.1. The van der Waals surface area contributed by atoms with E-state index >= 15 is 0 Å². The zero-order chi connectivity index (χ0) is 10.1. The normalized spacial score (nSPS) is 10.5. The second kappa shape index (κ2) is 3.53. The zero-order valence-corrected chi connectivity index (χ0v) is 9.62. The molecule has 72 valence electrons. The Balaban J connectivity index is 2.58. The third kappa shape index (κ3) is 1.57. The lowest BCUT2D eigenvalue weighted by Crippen LogP contribution is -1.92. The largest absolute Gasteiger partial charge is 0.317 e. The van der Waals surface area contributed by atoms with Gasteiger partial charge in [0.2, 0.25) is 0 Å². The topological polar surface area (TPSA) is 30.7 Å². The van der Waals surface area contributed by atoms with Gasteiger partial charge in [-0.2, -0.15) is 0 Å². The van der Waals surface area contributed by atoms with Crippen LogP contribution in [0.2, 0.25) is 0 Å². The smallest absolute Gasteiger partial charge is 0.164 e. The standard InChI is InChI=1S/C10H10BrN3/c1-7-3-4-8(9(11)5-7)10-13-12-6-14(10)2/h3-6H,1-2H3. The number of rotatable bonds is 1. The summed E-state index contributed by atoms with van der Waals surface area (Å²) in [6.07, 6.45) is 1.70. The van der Waals surface area contributed by atoms with Crippen molar-refractivity contribution in [2.45, 2.75) is 6.92 Å². The predicted molar refractivity (Wildman–Crippen MR) is 58.9 cm³/mol. The molecule has 0 unspecified atom stereocenters. The summed E-state index contributed by atoms with van der Waals surface area (Å²) in [6, 6.07) is 6.18. The van der Waals surface area contributed by atoms with E-state index < -0.39 is 0 Å². The van der Waals surface area contributed by atoms with Crippen molar-refractivity contribution in [3.05, 3.63) is 34.6 Å². The highest BCUT2D eigenvalue weighted by molar-refractivity contribution is 9.10. The summed E-state index contributed by atoms with van der Waals surface area (Å²) >= 11 is 3.52. The van der Waals surface area contributed by atoms with Crippen molar-refractivity contribution in [1.82, 2.24) is 14.8 Å². The molecular weight excluding hydrogens is 242 g/mol. The van der Waals surface area contributed by atoms with Crippen LogP contribution in [0.15, 0.2) is 29.0 Å². The first kappa shape index (κ1) is 9.40. The van der Waals surface area contributed by atoms with Gasteiger partial charge in [0.25, 0.3) is 0 Å². The van der Waals surface area contributed by atoms with Crippen LogP contribution in [0.5, 0.6) is 0 Å². The van der Waals surface area contributed by atoms with Crippen molar-refractivity contribution >= 4 is 15.9 Å². The molecule has 0 bridgehead atoms. The number of aromatic nitrogens is 3. The molecule has 14 heavy (non-hydrogen) atoms. The highest BCUT2D eigenvalue weighted by Gasteiger charge is 2.07. The lowest BCUT2D eigenvalue weighted by Gasteiger charge is -2.04. The molecule has 0 aliphatic carbocycles. The van der Waals surface area contributed by atoms with Gasteiger partial charge in [-0.05, 0) is 24.6 Å². The Labute approximate surface area is 90.9 Å². The highest BCUT2D eigenvalue weighted by Crippen LogP contribution is 2.26. The summed E-state index contributed by atoms with van der Waals surface area (Å²) < 4.78 is 2.95. The highest BCUT2D eigenvalue weighted by atomic mass is 79.9. The van der Waals surface area contributed by atoms with E-state index in [0.717, 1.165) is 15.9 Å². The molecule has 0 saturated carbocycles. The Kier molecular flexibility index (Phi) is 2.37. The van der Waals surface area contributed by atoms with Gasteiger partial charge in [0.05, 0.1) is 0 Å². The monoisotopic (exact) mass is 251 g/mol. The number of nitrogens with zero attached hydrogens (tertiary/aromatic N) is 3. The van der Waals surface area contributed by atoms with Crippen LogP contribution in [0.25, 0.3) is 11.4 Å². The molecule has 2 aromatic rings. The van der Waals surface area contributed by atoms with E-state index in [1.165, 1.54) is 5.56 Å². The molecule has 1 aromatic carbocycles. The van der Waals surface area contributed by atoms with E-state index in [9.17, 15) is 0 Å². The zero-order valence-electron chi connectivity index (χ0n) is 8.03. The van der Waals surface area contributed by atoms with Crippen LogP contribution in [-0.2, 0) is 7.05 Å². The van der Waals surface area contributed by atoms with Crippen molar-refractivity contribution < 1.29 is 0 Å². The van der Waals surface area contributed by atoms with Crippen LogP contribution in [0.3, 0.4) is 0 Å². The molecule has 4 heteroatoms. The Hall–Kier alpha value is -1.16. The minimum atomic E-state index is 0.872. The molecule has 0 atom stereocenters. The molecule has 0 fully saturated rings. The summed E-state index contributed by atoms with van der Waals surface area (Å²) in [6.45, 7) is 2.06. The third-order valence-electron chi connectivity index (χ3n) is 2.08. The number of aryl methyl sites for hydroxylation is 2. The van der Waals surface area contributed by atoms with Crippen LogP contribution in [0, 0.1) is 6.92 Å². The van der Waals surface area contributed by atoms with Crippen LogP contribution in [0.1, 0.15) is 5.56 Å².